The molecule has 0 bridgehead atoms. The molecule has 5 nitrogen and oxygen atoms in total. The SMILES string of the molecule is Nc1ccc2nc(Nc3ccnc(F)n3)sc2c1. The lowest BCUT2D eigenvalue weighted by molar-refractivity contribution is 0.540. The van der Waals surface area contributed by atoms with E-state index in [0.717, 1.165) is 10.2 Å². The van der Waals surface area contributed by atoms with E-state index in [-0.39, 0.29) is 0 Å². The lowest BCUT2D eigenvalue weighted by atomic mass is 10.3. The standard InChI is InChI=1S/C11H8FN5S/c12-10-14-4-3-9(16-10)17-11-15-7-2-1-6(13)5-8(7)18-11/h1-5H,13H2,(H,14,15,16,17). The number of fused-ring (bicyclic) bond motifs is 1. The number of benzene rings is 1. The Kier molecular flexibility index (Phi) is 2.52. The molecule has 0 amide bonds. The van der Waals surface area contributed by atoms with Gasteiger partial charge in [0.1, 0.15) is 5.82 Å². The molecule has 2 heterocycles. The van der Waals surface area contributed by atoms with Crippen molar-refractivity contribution in [3.05, 3.63) is 36.5 Å². The van der Waals surface area contributed by atoms with Crippen LogP contribution in [0.3, 0.4) is 0 Å². The summed E-state index contributed by atoms with van der Waals surface area (Å²) in [5.74, 6) is 0.370. The Morgan fingerprint density at radius 3 is 2.94 bits per heavy atom. The molecule has 1 aromatic carbocycles. The van der Waals surface area contributed by atoms with E-state index in [1.807, 2.05) is 12.1 Å². The van der Waals surface area contributed by atoms with Gasteiger partial charge in [-0.05, 0) is 24.3 Å². The third-order valence-electron chi connectivity index (χ3n) is 2.27. The number of aromatic nitrogens is 3. The van der Waals surface area contributed by atoms with E-state index in [4.69, 9.17) is 5.73 Å². The first kappa shape index (κ1) is 10.8. The Labute approximate surface area is 106 Å². The van der Waals surface area contributed by atoms with E-state index in [0.29, 0.717) is 16.6 Å². The summed E-state index contributed by atoms with van der Waals surface area (Å²) in [7, 11) is 0. The molecule has 0 unspecified atom stereocenters. The summed E-state index contributed by atoms with van der Waals surface area (Å²) in [5, 5.41) is 3.56. The van der Waals surface area contributed by atoms with E-state index in [2.05, 4.69) is 20.3 Å². The summed E-state index contributed by atoms with van der Waals surface area (Å²) < 4.78 is 13.8. The van der Waals surface area contributed by atoms with E-state index >= 15 is 0 Å². The average Bonchev–Trinajstić information content (AvgIpc) is 2.70. The predicted octanol–water partition coefficient (Wildman–Crippen LogP) is 2.55. The normalized spacial score (nSPS) is 10.7. The van der Waals surface area contributed by atoms with Gasteiger partial charge in [0.25, 0.3) is 0 Å². The van der Waals surface area contributed by atoms with Crippen LogP contribution in [0.2, 0.25) is 0 Å². The fourth-order valence-electron chi connectivity index (χ4n) is 1.51. The van der Waals surface area contributed by atoms with Crippen molar-refractivity contribution in [2.75, 3.05) is 11.1 Å². The Morgan fingerprint density at radius 1 is 1.22 bits per heavy atom. The zero-order valence-electron chi connectivity index (χ0n) is 9.09. The van der Waals surface area contributed by atoms with E-state index in [9.17, 15) is 4.39 Å². The third-order valence-corrected chi connectivity index (χ3v) is 3.21. The highest BCUT2D eigenvalue weighted by atomic mass is 32.1. The predicted molar refractivity (Wildman–Crippen MR) is 69.3 cm³/mol. The van der Waals surface area contributed by atoms with Crippen LogP contribution >= 0.6 is 11.3 Å². The zero-order valence-corrected chi connectivity index (χ0v) is 9.91. The molecule has 7 heteroatoms. The molecule has 0 aliphatic carbocycles. The summed E-state index contributed by atoms with van der Waals surface area (Å²) in [4.78, 5) is 11.3. The quantitative estimate of drug-likeness (QED) is 0.547. The van der Waals surface area contributed by atoms with Crippen LogP contribution in [-0.4, -0.2) is 15.0 Å². The number of anilines is 3. The van der Waals surface area contributed by atoms with Gasteiger partial charge < -0.3 is 11.1 Å². The van der Waals surface area contributed by atoms with Crippen LogP contribution in [0.1, 0.15) is 0 Å². The summed E-state index contributed by atoms with van der Waals surface area (Å²) >= 11 is 1.43. The highest BCUT2D eigenvalue weighted by molar-refractivity contribution is 7.22. The topological polar surface area (TPSA) is 76.7 Å². The molecule has 3 rings (SSSR count). The van der Waals surface area contributed by atoms with Crippen molar-refractivity contribution < 1.29 is 4.39 Å². The summed E-state index contributed by atoms with van der Waals surface area (Å²) in [5.41, 5.74) is 7.22. The van der Waals surface area contributed by atoms with Crippen LogP contribution in [0, 0.1) is 6.08 Å². The Morgan fingerprint density at radius 2 is 2.11 bits per heavy atom. The molecule has 90 valence electrons. The first-order chi connectivity index (χ1) is 8.70. The number of nitrogens with one attached hydrogen (secondary N) is 1. The van der Waals surface area contributed by atoms with Crippen LogP contribution in [-0.2, 0) is 0 Å². The van der Waals surface area contributed by atoms with Crippen molar-refractivity contribution in [3.63, 3.8) is 0 Å². The number of rotatable bonds is 2. The highest BCUT2D eigenvalue weighted by Gasteiger charge is 2.05. The molecule has 2 aromatic heterocycles. The fraction of sp³-hybridized carbons (Fsp3) is 0. The molecule has 3 aromatic rings. The van der Waals surface area contributed by atoms with Crippen LogP contribution in [0.25, 0.3) is 10.2 Å². The highest BCUT2D eigenvalue weighted by Crippen LogP contribution is 2.28. The van der Waals surface area contributed by atoms with Gasteiger partial charge in [0.05, 0.1) is 10.2 Å². The molecule has 0 atom stereocenters. The third kappa shape index (κ3) is 2.07. The Balaban J connectivity index is 1.95. The second-order valence-electron chi connectivity index (χ2n) is 3.58. The van der Waals surface area contributed by atoms with Crippen LogP contribution in [0.5, 0.6) is 0 Å². The number of nitrogens with two attached hydrogens (primary N) is 1. The summed E-state index contributed by atoms with van der Waals surface area (Å²) in [6.07, 6.45) is 0.570. The fourth-order valence-corrected chi connectivity index (χ4v) is 2.43. The molecule has 0 saturated carbocycles. The number of thiazole rings is 1. The second-order valence-corrected chi connectivity index (χ2v) is 4.61. The van der Waals surface area contributed by atoms with Crippen molar-refractivity contribution in [3.8, 4) is 0 Å². The van der Waals surface area contributed by atoms with Gasteiger partial charge in [-0.15, -0.1) is 0 Å². The molecular formula is C11H8FN5S. The molecule has 0 spiro atoms. The van der Waals surface area contributed by atoms with Gasteiger partial charge in [-0.2, -0.15) is 9.37 Å². The van der Waals surface area contributed by atoms with Gasteiger partial charge in [-0.25, -0.2) is 9.97 Å². The van der Waals surface area contributed by atoms with Gasteiger partial charge in [0.15, 0.2) is 5.13 Å². The van der Waals surface area contributed by atoms with E-state index < -0.39 is 6.08 Å². The zero-order chi connectivity index (χ0) is 12.5. The van der Waals surface area contributed by atoms with Gasteiger partial charge >= 0.3 is 6.08 Å². The first-order valence-electron chi connectivity index (χ1n) is 5.12. The number of halogens is 1. The molecule has 0 aliphatic rings. The maximum atomic E-state index is 12.8. The van der Waals surface area contributed by atoms with Gasteiger partial charge in [-0.3, -0.25) is 0 Å². The smallest absolute Gasteiger partial charge is 0.310 e. The van der Waals surface area contributed by atoms with Crippen LogP contribution in [0.4, 0.5) is 21.0 Å². The van der Waals surface area contributed by atoms with Crippen molar-refractivity contribution in [2.45, 2.75) is 0 Å². The van der Waals surface area contributed by atoms with Crippen LogP contribution < -0.4 is 11.1 Å². The van der Waals surface area contributed by atoms with E-state index in [1.54, 1.807) is 12.1 Å². The molecule has 0 aliphatic heterocycles. The molecule has 0 radical (unpaired) electrons. The Hall–Kier alpha value is -2.28. The van der Waals surface area contributed by atoms with Gasteiger partial charge in [-0.1, -0.05) is 11.3 Å². The maximum absolute atomic E-state index is 12.8. The van der Waals surface area contributed by atoms with Gasteiger partial charge in [0.2, 0.25) is 0 Å². The summed E-state index contributed by atoms with van der Waals surface area (Å²) in [6.45, 7) is 0. The van der Waals surface area contributed by atoms with E-state index in [1.165, 1.54) is 17.5 Å². The minimum atomic E-state index is -0.773. The number of hydrogen-bond acceptors (Lipinski definition) is 6. The van der Waals surface area contributed by atoms with Crippen molar-refractivity contribution in [2.24, 2.45) is 0 Å². The second kappa shape index (κ2) is 4.19. The van der Waals surface area contributed by atoms with Gasteiger partial charge in [0, 0.05) is 11.9 Å². The molecule has 18 heavy (non-hydrogen) atoms. The van der Waals surface area contributed by atoms with Crippen molar-refractivity contribution in [1.29, 1.82) is 0 Å². The largest absolute Gasteiger partial charge is 0.399 e. The minimum Gasteiger partial charge on any atom is -0.399 e. The monoisotopic (exact) mass is 261 g/mol. The first-order valence-corrected chi connectivity index (χ1v) is 5.94. The average molecular weight is 261 g/mol. The van der Waals surface area contributed by atoms with Crippen LogP contribution in [0.15, 0.2) is 30.5 Å². The lowest BCUT2D eigenvalue weighted by Crippen LogP contribution is -1.96. The Bertz CT molecular complexity index is 711. The molecule has 0 fully saturated rings. The minimum absolute atomic E-state index is 0.370. The maximum Gasteiger partial charge on any atom is 0.310 e. The van der Waals surface area contributed by atoms with Crippen molar-refractivity contribution in [1.82, 2.24) is 15.0 Å². The number of nitrogen functional groups attached to an aromatic ring is 1. The molecule has 0 saturated heterocycles. The molecule has 3 N–H and O–H groups in total. The lowest BCUT2D eigenvalue weighted by Gasteiger charge is -1.99. The number of nitrogens with zero attached hydrogens (tertiary/aromatic N) is 3. The van der Waals surface area contributed by atoms with Crippen molar-refractivity contribution >= 4 is 38.2 Å². The summed E-state index contributed by atoms with van der Waals surface area (Å²) in [6, 6.07) is 7.05. The molecular weight excluding hydrogens is 253 g/mol. The number of hydrogen-bond donors (Lipinski definition) is 2.